The number of imidazole rings is 1. The molecule has 156 valence electrons. The number of likely N-dealkylation sites (N-methyl/N-ethyl adjacent to an activating group) is 1. The quantitative estimate of drug-likeness (QED) is 0.788. The number of aryl methyl sites for hydroxylation is 2. The highest BCUT2D eigenvalue weighted by Gasteiger charge is 2.45. The molecule has 1 saturated heterocycles. The second kappa shape index (κ2) is 7.74. The van der Waals surface area contributed by atoms with E-state index in [0.717, 1.165) is 61.8 Å². The van der Waals surface area contributed by atoms with Gasteiger partial charge in [0, 0.05) is 43.4 Å². The summed E-state index contributed by atoms with van der Waals surface area (Å²) in [6.45, 7) is 6.06. The third kappa shape index (κ3) is 3.61. The number of nitrogens with zero attached hydrogens (tertiary/aromatic N) is 5. The Labute approximate surface area is 171 Å². The van der Waals surface area contributed by atoms with Crippen LogP contribution in [-0.4, -0.2) is 69.1 Å². The molecule has 2 N–H and O–H groups in total. The molecule has 0 aromatic carbocycles. The summed E-state index contributed by atoms with van der Waals surface area (Å²) in [6.07, 6.45) is 5.89. The molecular weight excluding hydrogens is 368 g/mol. The van der Waals surface area contributed by atoms with Crippen molar-refractivity contribution in [2.45, 2.75) is 51.4 Å². The predicted molar refractivity (Wildman–Crippen MR) is 110 cm³/mol. The molecule has 4 rings (SSSR count). The maximum absolute atomic E-state index is 12.8. The first kappa shape index (κ1) is 19.8. The molecule has 2 aromatic heterocycles. The summed E-state index contributed by atoms with van der Waals surface area (Å²) < 4.78 is 0. The van der Waals surface area contributed by atoms with E-state index >= 15 is 0 Å². The van der Waals surface area contributed by atoms with Gasteiger partial charge in [0.1, 0.15) is 11.6 Å². The minimum absolute atomic E-state index is 0.0386. The summed E-state index contributed by atoms with van der Waals surface area (Å²) in [6, 6.07) is 0. The zero-order valence-corrected chi connectivity index (χ0v) is 17.5. The molecule has 1 spiro atoms. The highest BCUT2D eigenvalue weighted by Crippen LogP contribution is 2.47. The first-order valence-electron chi connectivity index (χ1n) is 10.4. The summed E-state index contributed by atoms with van der Waals surface area (Å²) in [4.78, 5) is 33.6. The molecule has 29 heavy (non-hydrogen) atoms. The number of aliphatic hydroxyl groups excluding tert-OH is 1. The number of carbonyl (C=O) groups is 1. The molecular formula is C21H30N6O2. The molecule has 0 radical (unpaired) electrons. The Bertz CT molecular complexity index is 901. The Morgan fingerprint density at radius 1 is 1.28 bits per heavy atom. The maximum Gasteiger partial charge on any atom is 0.228 e. The molecule has 8 heteroatoms. The number of hydrogen-bond acceptors (Lipinski definition) is 6. The monoisotopic (exact) mass is 398 g/mol. The zero-order valence-electron chi connectivity index (χ0n) is 17.5. The summed E-state index contributed by atoms with van der Waals surface area (Å²) >= 11 is 0. The normalized spacial score (nSPS) is 17.6. The number of carbonyl (C=O) groups excluding carboxylic acids is 1. The summed E-state index contributed by atoms with van der Waals surface area (Å²) in [5.41, 5.74) is 4.22. The van der Waals surface area contributed by atoms with Crippen molar-refractivity contribution in [1.82, 2.24) is 24.8 Å². The summed E-state index contributed by atoms with van der Waals surface area (Å²) in [7, 11) is 1.97. The third-order valence-electron chi connectivity index (χ3n) is 6.58. The second-order valence-electron chi connectivity index (χ2n) is 8.38. The topological polar surface area (TPSA) is 98.2 Å². The molecule has 8 nitrogen and oxygen atoms in total. The van der Waals surface area contributed by atoms with E-state index in [1.54, 1.807) is 6.33 Å². The lowest BCUT2D eigenvalue weighted by Gasteiger charge is -2.39. The number of amides is 1. The van der Waals surface area contributed by atoms with E-state index in [0.29, 0.717) is 13.0 Å². The van der Waals surface area contributed by atoms with Crippen LogP contribution in [0.4, 0.5) is 5.82 Å². The van der Waals surface area contributed by atoms with Gasteiger partial charge in [0.2, 0.25) is 5.91 Å². The van der Waals surface area contributed by atoms with Gasteiger partial charge in [0.05, 0.1) is 30.7 Å². The van der Waals surface area contributed by atoms with E-state index in [-0.39, 0.29) is 17.9 Å². The van der Waals surface area contributed by atoms with E-state index in [9.17, 15) is 9.90 Å². The molecule has 1 amide bonds. The van der Waals surface area contributed by atoms with Gasteiger partial charge < -0.3 is 19.9 Å². The molecule has 0 bridgehead atoms. The van der Waals surface area contributed by atoms with Crippen LogP contribution in [0.5, 0.6) is 0 Å². The van der Waals surface area contributed by atoms with Crippen molar-refractivity contribution < 1.29 is 9.90 Å². The van der Waals surface area contributed by atoms with Crippen LogP contribution in [-0.2, 0) is 23.1 Å². The van der Waals surface area contributed by atoms with Crippen LogP contribution >= 0.6 is 0 Å². The average molecular weight is 399 g/mol. The Morgan fingerprint density at radius 3 is 2.69 bits per heavy atom. The van der Waals surface area contributed by atoms with E-state index in [1.165, 1.54) is 11.3 Å². The van der Waals surface area contributed by atoms with Gasteiger partial charge in [-0.2, -0.15) is 0 Å². The molecule has 3 heterocycles. The molecule has 2 aliphatic rings. The van der Waals surface area contributed by atoms with Crippen LogP contribution in [0.2, 0.25) is 0 Å². The molecule has 1 aliphatic carbocycles. The molecule has 1 aliphatic heterocycles. The van der Waals surface area contributed by atoms with Crippen LogP contribution in [0.25, 0.3) is 0 Å². The lowest BCUT2D eigenvalue weighted by molar-refractivity contribution is -0.132. The largest absolute Gasteiger partial charge is 0.395 e. The van der Waals surface area contributed by atoms with Gasteiger partial charge >= 0.3 is 0 Å². The van der Waals surface area contributed by atoms with Gasteiger partial charge in [-0.25, -0.2) is 15.0 Å². The number of H-pyrrole nitrogens is 1. The average Bonchev–Trinajstić information content (AvgIpc) is 3.26. The van der Waals surface area contributed by atoms with Gasteiger partial charge in [-0.1, -0.05) is 0 Å². The van der Waals surface area contributed by atoms with Crippen molar-refractivity contribution in [2.75, 3.05) is 38.2 Å². The minimum atomic E-state index is 0.0386. The van der Waals surface area contributed by atoms with Gasteiger partial charge in [-0.05, 0) is 39.5 Å². The predicted octanol–water partition coefficient (Wildman–Crippen LogP) is 1.29. The van der Waals surface area contributed by atoms with Crippen molar-refractivity contribution in [2.24, 2.45) is 0 Å². The van der Waals surface area contributed by atoms with E-state index < -0.39 is 0 Å². The number of likely N-dealkylation sites (tertiary alicyclic amines) is 1. The van der Waals surface area contributed by atoms with E-state index in [1.807, 2.05) is 30.7 Å². The first-order chi connectivity index (χ1) is 13.9. The number of rotatable bonds is 5. The Morgan fingerprint density at radius 2 is 2.03 bits per heavy atom. The van der Waals surface area contributed by atoms with Crippen LogP contribution in [0, 0.1) is 13.8 Å². The fraction of sp³-hybridized carbons (Fsp3) is 0.619. The van der Waals surface area contributed by atoms with Crippen LogP contribution in [0.15, 0.2) is 6.33 Å². The second-order valence-corrected chi connectivity index (χ2v) is 8.38. The smallest absolute Gasteiger partial charge is 0.228 e. The Hall–Kier alpha value is -2.48. The Kier molecular flexibility index (Phi) is 5.29. The molecule has 0 saturated carbocycles. The van der Waals surface area contributed by atoms with Crippen LogP contribution in [0.3, 0.4) is 0 Å². The third-order valence-corrected chi connectivity index (χ3v) is 6.58. The van der Waals surface area contributed by atoms with Gasteiger partial charge in [0.25, 0.3) is 0 Å². The fourth-order valence-electron chi connectivity index (χ4n) is 4.80. The number of nitrogens with one attached hydrogen (secondary N) is 1. The van der Waals surface area contributed by atoms with Gasteiger partial charge in [0.15, 0.2) is 0 Å². The maximum atomic E-state index is 12.8. The number of fused-ring (bicyclic) bond motifs is 2. The molecule has 1 fully saturated rings. The SMILES string of the molecule is Cc1nc(N(C)CCO)c2c(n1)C1(CC2)CCN(C(=O)Cc2nc[nH]c2C)CC1. The number of piperidine rings is 1. The Balaban J connectivity index is 1.50. The molecule has 0 unspecified atom stereocenters. The van der Waals surface area contributed by atoms with Crippen molar-refractivity contribution in [1.29, 1.82) is 0 Å². The molecule has 0 atom stereocenters. The number of aromatic nitrogens is 4. The van der Waals surface area contributed by atoms with Crippen molar-refractivity contribution in [3.8, 4) is 0 Å². The lowest BCUT2D eigenvalue weighted by atomic mass is 9.76. The highest BCUT2D eigenvalue weighted by molar-refractivity contribution is 5.78. The van der Waals surface area contributed by atoms with Crippen molar-refractivity contribution >= 4 is 11.7 Å². The van der Waals surface area contributed by atoms with E-state index in [4.69, 9.17) is 4.98 Å². The number of aromatic amines is 1. The standard InChI is InChI=1S/C21H30N6O2/c1-14-17(23-13-22-14)12-18(29)27-8-6-21(7-9-27)5-4-16-19(21)24-15(2)25-20(16)26(3)10-11-28/h13,28H,4-12H2,1-3H3,(H,22,23). The zero-order chi connectivity index (χ0) is 20.6. The van der Waals surface area contributed by atoms with Gasteiger partial charge in [-0.3, -0.25) is 4.79 Å². The minimum Gasteiger partial charge on any atom is -0.395 e. The number of anilines is 1. The fourth-order valence-corrected chi connectivity index (χ4v) is 4.80. The molecule has 2 aromatic rings. The summed E-state index contributed by atoms with van der Waals surface area (Å²) in [5.74, 6) is 1.87. The van der Waals surface area contributed by atoms with Crippen LogP contribution in [0.1, 0.15) is 47.7 Å². The van der Waals surface area contributed by atoms with Gasteiger partial charge in [-0.15, -0.1) is 0 Å². The first-order valence-corrected chi connectivity index (χ1v) is 10.4. The van der Waals surface area contributed by atoms with Crippen LogP contribution < -0.4 is 4.90 Å². The lowest BCUT2D eigenvalue weighted by Crippen LogP contribution is -2.45. The summed E-state index contributed by atoms with van der Waals surface area (Å²) in [5, 5.41) is 9.32. The number of hydrogen-bond donors (Lipinski definition) is 2. The highest BCUT2D eigenvalue weighted by atomic mass is 16.3. The van der Waals surface area contributed by atoms with Crippen molar-refractivity contribution in [3.05, 3.63) is 34.8 Å². The van der Waals surface area contributed by atoms with E-state index in [2.05, 4.69) is 15.0 Å². The number of aliphatic hydroxyl groups is 1. The van der Waals surface area contributed by atoms with Crippen molar-refractivity contribution in [3.63, 3.8) is 0 Å².